The second kappa shape index (κ2) is 6.56. The van der Waals surface area contributed by atoms with Crippen LogP contribution in [0, 0.1) is 0 Å². The molecule has 0 N–H and O–H groups in total. The van der Waals surface area contributed by atoms with Crippen LogP contribution in [0.4, 0.5) is 13.2 Å². The summed E-state index contributed by atoms with van der Waals surface area (Å²) in [5.74, 6) is 0.355. The van der Waals surface area contributed by atoms with E-state index in [4.69, 9.17) is 4.52 Å². The minimum Gasteiger partial charge on any atom is -0.474 e. The fraction of sp³-hybridized carbons (Fsp3) is 0.455. The molecule has 0 saturated heterocycles. The van der Waals surface area contributed by atoms with Crippen molar-refractivity contribution in [3.63, 3.8) is 0 Å². The van der Waals surface area contributed by atoms with Crippen LogP contribution >= 0.6 is 18.0 Å². The molecular weight excluding hydrogens is 267 g/mol. The molecule has 0 radical (unpaired) electrons. The minimum absolute atomic E-state index is 0. The van der Waals surface area contributed by atoms with E-state index >= 15 is 0 Å². The molecular formula is C11H17F3OP2. The van der Waals surface area contributed by atoms with Crippen molar-refractivity contribution in [3.8, 4) is 5.75 Å². The molecule has 1 aromatic rings. The lowest BCUT2D eigenvalue weighted by atomic mass is 10.1. The van der Waals surface area contributed by atoms with Gasteiger partial charge in [0.25, 0.3) is 0 Å². The Hall–Kier alpha value is -0.330. The summed E-state index contributed by atoms with van der Waals surface area (Å²) in [5.41, 5.74) is 0.153. The van der Waals surface area contributed by atoms with Gasteiger partial charge >= 0.3 is 6.18 Å². The summed E-state index contributed by atoms with van der Waals surface area (Å²) in [6.45, 7) is 5.60. The number of benzene rings is 1. The van der Waals surface area contributed by atoms with Crippen LogP contribution in [0.5, 0.6) is 5.75 Å². The lowest BCUT2D eigenvalue weighted by molar-refractivity contribution is -0.137. The Balaban J connectivity index is 0.00000256. The molecule has 0 aliphatic rings. The summed E-state index contributed by atoms with van der Waals surface area (Å²) in [6, 6.07) is 3.66. The topological polar surface area (TPSA) is 9.23 Å². The first-order chi connectivity index (χ1) is 7.34. The third-order valence-corrected chi connectivity index (χ3v) is 2.62. The van der Waals surface area contributed by atoms with Gasteiger partial charge in [0.05, 0.1) is 13.7 Å². The van der Waals surface area contributed by atoms with Gasteiger partial charge in [-0.15, -0.1) is 0 Å². The average molecular weight is 284 g/mol. The highest BCUT2D eigenvalue weighted by Gasteiger charge is 2.31. The molecule has 0 aromatic heterocycles. The summed E-state index contributed by atoms with van der Waals surface area (Å²) >= 11 is 0. The van der Waals surface area contributed by atoms with Gasteiger partial charge in [-0.3, -0.25) is 0 Å². The summed E-state index contributed by atoms with van der Waals surface area (Å²) in [6.07, 6.45) is -3.65. The third kappa shape index (κ3) is 4.81. The molecule has 0 heterocycles. The van der Waals surface area contributed by atoms with Crippen LogP contribution in [0.2, 0.25) is 0 Å². The summed E-state index contributed by atoms with van der Waals surface area (Å²) in [4.78, 5) is 0. The summed E-state index contributed by atoms with van der Waals surface area (Å²) in [5, 5.41) is 0. The van der Waals surface area contributed by atoms with Crippen LogP contribution < -0.4 is 4.52 Å². The average Bonchev–Trinajstić information content (AvgIpc) is 2.15. The van der Waals surface area contributed by atoms with E-state index in [0.29, 0.717) is 12.2 Å². The standard InChI is InChI=1S/C11H14F3OP.H3P/c1-4-8-5-6-9(11(12,13)14)7-10(8)15-16(2)3;/h5-7H,4H2,1-3H3;1H3. The smallest absolute Gasteiger partial charge is 0.416 e. The molecule has 0 spiro atoms. The Bertz CT molecular complexity index is 364. The number of hydrogen-bond donors (Lipinski definition) is 0. The van der Waals surface area contributed by atoms with Gasteiger partial charge in [0, 0.05) is 0 Å². The van der Waals surface area contributed by atoms with Gasteiger partial charge in [0.2, 0.25) is 0 Å². The van der Waals surface area contributed by atoms with Gasteiger partial charge in [-0.1, -0.05) is 13.0 Å². The van der Waals surface area contributed by atoms with Crippen LogP contribution in [0.3, 0.4) is 0 Å². The van der Waals surface area contributed by atoms with E-state index in [1.165, 1.54) is 6.07 Å². The van der Waals surface area contributed by atoms with E-state index in [0.717, 1.165) is 17.7 Å². The number of rotatable bonds is 3. The van der Waals surface area contributed by atoms with Crippen molar-refractivity contribution in [2.75, 3.05) is 13.3 Å². The monoisotopic (exact) mass is 284 g/mol. The number of halogens is 3. The largest absolute Gasteiger partial charge is 0.474 e. The second-order valence-corrected chi connectivity index (χ2v) is 5.38. The SMILES string of the molecule is CCc1ccc(C(F)(F)F)cc1OP(C)C.P. The predicted molar refractivity (Wildman–Crippen MR) is 71.3 cm³/mol. The van der Waals surface area contributed by atoms with Crippen molar-refractivity contribution in [2.45, 2.75) is 19.5 Å². The van der Waals surface area contributed by atoms with Gasteiger partial charge < -0.3 is 4.52 Å². The molecule has 17 heavy (non-hydrogen) atoms. The van der Waals surface area contributed by atoms with Gasteiger partial charge in [-0.05, 0) is 37.4 Å². The molecule has 98 valence electrons. The fourth-order valence-corrected chi connectivity index (χ4v) is 1.87. The molecule has 1 rings (SSSR count). The van der Waals surface area contributed by atoms with E-state index in [9.17, 15) is 13.2 Å². The highest BCUT2D eigenvalue weighted by atomic mass is 31.1. The van der Waals surface area contributed by atoms with Gasteiger partial charge in [0.1, 0.15) is 5.75 Å². The maximum absolute atomic E-state index is 12.5. The Morgan fingerprint density at radius 2 is 1.82 bits per heavy atom. The van der Waals surface area contributed by atoms with E-state index in [1.54, 1.807) is 0 Å². The molecule has 0 saturated carbocycles. The minimum atomic E-state index is -4.31. The Kier molecular flexibility index (Phi) is 6.43. The zero-order chi connectivity index (χ0) is 12.3. The Morgan fingerprint density at radius 3 is 2.24 bits per heavy atom. The van der Waals surface area contributed by atoms with Crippen LogP contribution in [0.25, 0.3) is 0 Å². The first-order valence-electron chi connectivity index (χ1n) is 4.90. The molecule has 0 amide bonds. The van der Waals surface area contributed by atoms with Crippen molar-refractivity contribution >= 4 is 18.0 Å². The van der Waals surface area contributed by atoms with Gasteiger partial charge in [-0.2, -0.15) is 23.1 Å². The molecule has 6 heteroatoms. The molecule has 1 unspecified atom stereocenters. The Morgan fingerprint density at radius 1 is 1.24 bits per heavy atom. The zero-order valence-corrected chi connectivity index (χ0v) is 12.4. The quantitative estimate of drug-likeness (QED) is 0.749. The van der Waals surface area contributed by atoms with Crippen LogP contribution in [0.15, 0.2) is 18.2 Å². The molecule has 0 aliphatic heterocycles. The van der Waals surface area contributed by atoms with Gasteiger partial charge in [-0.25, -0.2) is 0 Å². The van der Waals surface area contributed by atoms with Crippen molar-refractivity contribution < 1.29 is 17.7 Å². The zero-order valence-electron chi connectivity index (χ0n) is 10.1. The number of alkyl halides is 3. The van der Waals surface area contributed by atoms with Gasteiger partial charge in [0.15, 0.2) is 0 Å². The highest BCUT2D eigenvalue weighted by molar-refractivity contribution is 7.51. The summed E-state index contributed by atoms with van der Waals surface area (Å²) in [7, 11) is -0.714. The number of aryl methyl sites for hydroxylation is 1. The lowest BCUT2D eigenvalue weighted by Gasteiger charge is -2.15. The van der Waals surface area contributed by atoms with E-state index in [-0.39, 0.29) is 9.90 Å². The predicted octanol–water partition coefficient (Wildman–Crippen LogP) is 4.36. The number of hydrogen-bond acceptors (Lipinski definition) is 1. The highest BCUT2D eigenvalue weighted by Crippen LogP contribution is 2.37. The summed E-state index contributed by atoms with van der Waals surface area (Å²) < 4.78 is 42.9. The van der Waals surface area contributed by atoms with Crippen molar-refractivity contribution in [3.05, 3.63) is 29.3 Å². The molecule has 1 atom stereocenters. The molecule has 0 bridgehead atoms. The molecule has 0 fully saturated rings. The lowest BCUT2D eigenvalue weighted by Crippen LogP contribution is -2.05. The van der Waals surface area contributed by atoms with Crippen LogP contribution in [-0.2, 0) is 12.6 Å². The first-order valence-corrected chi connectivity index (χ1v) is 7.05. The molecule has 1 aromatic carbocycles. The van der Waals surface area contributed by atoms with Crippen molar-refractivity contribution in [1.29, 1.82) is 0 Å². The van der Waals surface area contributed by atoms with Crippen molar-refractivity contribution in [1.82, 2.24) is 0 Å². The second-order valence-electron chi connectivity index (χ2n) is 3.58. The molecule has 1 nitrogen and oxygen atoms in total. The van der Waals surface area contributed by atoms with Crippen LogP contribution in [-0.4, -0.2) is 13.3 Å². The normalized spacial score (nSPS) is 11.2. The molecule has 0 aliphatic carbocycles. The van der Waals surface area contributed by atoms with E-state index in [2.05, 4.69) is 0 Å². The van der Waals surface area contributed by atoms with Crippen molar-refractivity contribution in [2.24, 2.45) is 0 Å². The first kappa shape index (κ1) is 16.7. The maximum Gasteiger partial charge on any atom is 0.416 e. The Labute approximate surface area is 104 Å². The van der Waals surface area contributed by atoms with E-state index in [1.807, 2.05) is 20.3 Å². The van der Waals surface area contributed by atoms with Crippen LogP contribution in [0.1, 0.15) is 18.1 Å². The maximum atomic E-state index is 12.5. The third-order valence-electron chi connectivity index (χ3n) is 2.06. The fourth-order valence-electron chi connectivity index (χ4n) is 1.30. The van der Waals surface area contributed by atoms with E-state index < -0.39 is 19.9 Å².